The van der Waals surface area contributed by atoms with Crippen molar-refractivity contribution in [2.75, 3.05) is 19.5 Å². The van der Waals surface area contributed by atoms with Crippen molar-refractivity contribution in [1.29, 1.82) is 0 Å². The lowest BCUT2D eigenvalue weighted by molar-refractivity contribution is 0.0128. The number of amides is 1. The van der Waals surface area contributed by atoms with Crippen LogP contribution in [0, 0.1) is 0 Å². The van der Waals surface area contributed by atoms with Crippen molar-refractivity contribution in [1.82, 2.24) is 5.32 Å². The highest BCUT2D eigenvalue weighted by molar-refractivity contribution is 6.34. The molecule has 0 aromatic heterocycles. The first kappa shape index (κ1) is 16.8. The fourth-order valence-corrected chi connectivity index (χ4v) is 2.28. The van der Waals surface area contributed by atoms with E-state index in [9.17, 15) is 4.79 Å². The van der Waals surface area contributed by atoms with E-state index in [0.717, 1.165) is 12.1 Å². The van der Waals surface area contributed by atoms with Crippen LogP contribution in [0.15, 0.2) is 18.2 Å². The number of halogens is 1. The van der Waals surface area contributed by atoms with Gasteiger partial charge in [-0.15, -0.1) is 0 Å². The SMILES string of the molecule is CNC(=O)c1cc(NC(C)CC(C)(C)OC)ccc1Cl. The van der Waals surface area contributed by atoms with E-state index in [2.05, 4.69) is 17.6 Å². The van der Waals surface area contributed by atoms with Gasteiger partial charge in [0.1, 0.15) is 0 Å². The van der Waals surface area contributed by atoms with Crippen molar-refractivity contribution < 1.29 is 9.53 Å². The molecule has 0 aliphatic carbocycles. The highest BCUT2D eigenvalue weighted by atomic mass is 35.5. The lowest BCUT2D eigenvalue weighted by Crippen LogP contribution is -2.31. The zero-order chi connectivity index (χ0) is 15.3. The summed E-state index contributed by atoms with van der Waals surface area (Å²) in [5.41, 5.74) is 1.15. The van der Waals surface area contributed by atoms with Gasteiger partial charge in [0.2, 0.25) is 0 Å². The molecule has 1 aromatic rings. The molecule has 1 rings (SSSR count). The predicted octanol–water partition coefficient (Wildman–Crippen LogP) is 3.32. The smallest absolute Gasteiger partial charge is 0.252 e. The third-order valence-electron chi connectivity index (χ3n) is 3.20. The predicted molar refractivity (Wildman–Crippen MR) is 83.6 cm³/mol. The van der Waals surface area contributed by atoms with Crippen molar-refractivity contribution in [3.8, 4) is 0 Å². The van der Waals surface area contributed by atoms with Crippen molar-refractivity contribution in [2.24, 2.45) is 0 Å². The molecular weight excluding hydrogens is 276 g/mol. The highest BCUT2D eigenvalue weighted by Gasteiger charge is 2.20. The molecule has 1 aromatic carbocycles. The van der Waals surface area contributed by atoms with Gasteiger partial charge in [0.15, 0.2) is 0 Å². The van der Waals surface area contributed by atoms with Crippen LogP contribution in [0.4, 0.5) is 5.69 Å². The Kier molecular flexibility index (Phi) is 5.84. The molecule has 5 heteroatoms. The fraction of sp³-hybridized carbons (Fsp3) is 0.533. The minimum atomic E-state index is -0.192. The van der Waals surface area contributed by atoms with Crippen LogP contribution in [0.2, 0.25) is 5.02 Å². The van der Waals surface area contributed by atoms with E-state index in [-0.39, 0.29) is 17.6 Å². The van der Waals surface area contributed by atoms with Gasteiger partial charge in [0.25, 0.3) is 5.91 Å². The Hall–Kier alpha value is -1.26. The molecule has 0 aliphatic heterocycles. The van der Waals surface area contributed by atoms with Crippen molar-refractivity contribution in [3.63, 3.8) is 0 Å². The number of carbonyl (C=O) groups is 1. The lowest BCUT2D eigenvalue weighted by atomic mass is 9.99. The Morgan fingerprint density at radius 2 is 2.10 bits per heavy atom. The molecule has 112 valence electrons. The maximum absolute atomic E-state index is 11.7. The van der Waals surface area contributed by atoms with Gasteiger partial charge in [-0.3, -0.25) is 4.79 Å². The normalized spacial score (nSPS) is 12.9. The van der Waals surface area contributed by atoms with E-state index in [1.165, 1.54) is 0 Å². The fourth-order valence-electron chi connectivity index (χ4n) is 2.08. The molecule has 0 radical (unpaired) electrons. The van der Waals surface area contributed by atoms with Crippen molar-refractivity contribution in [3.05, 3.63) is 28.8 Å². The Morgan fingerprint density at radius 1 is 1.45 bits per heavy atom. The monoisotopic (exact) mass is 298 g/mol. The van der Waals surface area contributed by atoms with Crippen LogP contribution in [0.5, 0.6) is 0 Å². The molecule has 0 saturated carbocycles. The number of benzene rings is 1. The molecule has 20 heavy (non-hydrogen) atoms. The molecule has 0 saturated heterocycles. The van der Waals surface area contributed by atoms with Crippen LogP contribution in [0.1, 0.15) is 37.6 Å². The summed E-state index contributed by atoms with van der Waals surface area (Å²) in [6.07, 6.45) is 0.849. The third kappa shape index (κ3) is 4.69. The first-order valence-electron chi connectivity index (χ1n) is 6.62. The number of nitrogens with one attached hydrogen (secondary N) is 2. The van der Waals surface area contributed by atoms with Gasteiger partial charge >= 0.3 is 0 Å². The summed E-state index contributed by atoms with van der Waals surface area (Å²) in [5, 5.41) is 6.38. The summed E-state index contributed by atoms with van der Waals surface area (Å²) in [6, 6.07) is 5.56. The number of carbonyl (C=O) groups excluding carboxylic acids is 1. The Balaban J connectivity index is 2.81. The van der Waals surface area contributed by atoms with Crippen LogP contribution < -0.4 is 10.6 Å². The van der Waals surface area contributed by atoms with Gasteiger partial charge in [-0.05, 0) is 45.4 Å². The molecule has 0 fully saturated rings. The lowest BCUT2D eigenvalue weighted by Gasteiger charge is -2.27. The molecular formula is C15H23ClN2O2. The molecule has 1 amide bonds. The third-order valence-corrected chi connectivity index (χ3v) is 3.53. The van der Waals surface area contributed by atoms with E-state index < -0.39 is 0 Å². The van der Waals surface area contributed by atoms with Gasteiger partial charge in [-0.1, -0.05) is 11.6 Å². The first-order valence-corrected chi connectivity index (χ1v) is 7.00. The number of ether oxygens (including phenoxy) is 1. The maximum Gasteiger partial charge on any atom is 0.252 e. The van der Waals surface area contributed by atoms with Gasteiger partial charge in [0, 0.05) is 25.9 Å². The van der Waals surface area contributed by atoms with Gasteiger partial charge < -0.3 is 15.4 Å². The van der Waals surface area contributed by atoms with Gasteiger partial charge in [0.05, 0.1) is 16.2 Å². The summed E-state index contributed by atoms with van der Waals surface area (Å²) in [4.78, 5) is 11.7. The standard InChI is InChI=1S/C15H23ClN2O2/c1-10(9-15(2,3)20-5)18-11-6-7-13(16)12(8-11)14(19)17-4/h6-8,10,18H,9H2,1-5H3,(H,17,19). The molecule has 0 aliphatic rings. The summed E-state index contributed by atoms with van der Waals surface area (Å²) < 4.78 is 5.42. The molecule has 0 heterocycles. The molecule has 2 N–H and O–H groups in total. The molecule has 0 bridgehead atoms. The van der Waals surface area contributed by atoms with E-state index in [4.69, 9.17) is 16.3 Å². The number of methoxy groups -OCH3 is 1. The zero-order valence-electron chi connectivity index (χ0n) is 12.7. The van der Waals surface area contributed by atoms with Crippen LogP contribution >= 0.6 is 11.6 Å². The second kappa shape index (κ2) is 6.95. The molecule has 4 nitrogen and oxygen atoms in total. The van der Waals surface area contributed by atoms with Gasteiger partial charge in [-0.2, -0.15) is 0 Å². The summed E-state index contributed by atoms with van der Waals surface area (Å²) in [7, 11) is 3.29. The molecule has 1 atom stereocenters. The van der Waals surface area contributed by atoms with Crippen molar-refractivity contribution in [2.45, 2.75) is 38.8 Å². The second-order valence-corrected chi connectivity index (χ2v) is 5.89. The van der Waals surface area contributed by atoms with Crippen LogP contribution in [0.25, 0.3) is 0 Å². The van der Waals surface area contributed by atoms with Crippen LogP contribution in [-0.4, -0.2) is 31.7 Å². The summed E-state index contributed by atoms with van der Waals surface area (Å²) in [5.74, 6) is -0.191. The van der Waals surface area contributed by atoms with Gasteiger partial charge in [-0.25, -0.2) is 0 Å². The first-order chi connectivity index (χ1) is 9.29. The quantitative estimate of drug-likeness (QED) is 0.847. The Bertz CT molecular complexity index is 475. The Labute approximate surface area is 125 Å². The van der Waals surface area contributed by atoms with E-state index in [0.29, 0.717) is 10.6 Å². The number of hydrogen-bond acceptors (Lipinski definition) is 3. The number of hydrogen-bond donors (Lipinski definition) is 2. The zero-order valence-corrected chi connectivity index (χ0v) is 13.5. The molecule has 1 unspecified atom stereocenters. The largest absolute Gasteiger partial charge is 0.382 e. The summed E-state index contributed by atoms with van der Waals surface area (Å²) in [6.45, 7) is 6.17. The molecule has 0 spiro atoms. The average Bonchev–Trinajstić information content (AvgIpc) is 2.39. The number of rotatable bonds is 6. The highest BCUT2D eigenvalue weighted by Crippen LogP contribution is 2.23. The topological polar surface area (TPSA) is 50.4 Å². The second-order valence-electron chi connectivity index (χ2n) is 5.49. The van der Waals surface area contributed by atoms with E-state index in [1.54, 1.807) is 26.3 Å². The van der Waals surface area contributed by atoms with Crippen LogP contribution in [0.3, 0.4) is 0 Å². The van der Waals surface area contributed by atoms with E-state index >= 15 is 0 Å². The maximum atomic E-state index is 11.7. The number of anilines is 1. The Morgan fingerprint density at radius 3 is 2.65 bits per heavy atom. The van der Waals surface area contributed by atoms with Crippen LogP contribution in [-0.2, 0) is 4.74 Å². The average molecular weight is 299 g/mol. The van der Waals surface area contributed by atoms with Crippen molar-refractivity contribution >= 4 is 23.2 Å². The minimum absolute atomic E-state index is 0.191. The van der Waals surface area contributed by atoms with E-state index in [1.807, 2.05) is 19.9 Å². The minimum Gasteiger partial charge on any atom is -0.382 e. The summed E-state index contributed by atoms with van der Waals surface area (Å²) >= 11 is 6.03.